The van der Waals surface area contributed by atoms with Crippen LogP contribution < -0.4 is 0 Å². The van der Waals surface area contributed by atoms with Crippen LogP contribution in [0, 0.1) is 0 Å². The maximum Gasteiger partial charge on any atom is 0.183 e. The second kappa shape index (κ2) is 9.52. The lowest BCUT2D eigenvalue weighted by atomic mass is 10.1. The first-order valence-electron chi connectivity index (χ1n) is 5.86. The van der Waals surface area contributed by atoms with Crippen molar-refractivity contribution in [1.29, 1.82) is 0 Å². The minimum atomic E-state index is -1.49. The number of hydrogen-bond acceptors (Lipinski definition) is 10. The Morgan fingerprint density at radius 3 is 1.65 bits per heavy atom. The van der Waals surface area contributed by atoms with Crippen molar-refractivity contribution >= 4 is 0 Å². The van der Waals surface area contributed by atoms with E-state index >= 15 is 0 Å². The number of hydrogen-bond donors (Lipinski definition) is 9. The summed E-state index contributed by atoms with van der Waals surface area (Å²) in [6.07, 6.45) is -9.52. The van der Waals surface area contributed by atoms with E-state index < -0.39 is 56.1 Å². The molecule has 9 N–H and O–H groups in total. The number of ether oxygens (including phenoxy) is 1. The monoisotopic (exact) mass is 302 g/mol. The number of aliphatic hydroxyl groups is 9. The molecule has 20 heavy (non-hydrogen) atoms. The minimum absolute atomic E-state index is 0.153. The molecule has 6 atom stereocenters. The average molecular weight is 302 g/mol. The molecule has 0 bridgehead atoms. The van der Waals surface area contributed by atoms with Gasteiger partial charge in [-0.2, -0.15) is 0 Å². The van der Waals surface area contributed by atoms with Crippen molar-refractivity contribution in [1.82, 2.24) is 0 Å². The van der Waals surface area contributed by atoms with Gasteiger partial charge >= 0.3 is 0 Å². The zero-order valence-electron chi connectivity index (χ0n) is 10.6. The number of aliphatic hydroxyl groups excluding tert-OH is 9. The van der Waals surface area contributed by atoms with Crippen molar-refractivity contribution in [2.75, 3.05) is 19.8 Å². The summed E-state index contributed by atoms with van der Waals surface area (Å²) in [6.45, 7) is -1.43. The largest absolute Gasteiger partial charge is 0.394 e. The fourth-order valence-electron chi connectivity index (χ4n) is 1.26. The zero-order chi connectivity index (χ0) is 15.9. The van der Waals surface area contributed by atoms with E-state index in [0.717, 1.165) is 0 Å². The lowest BCUT2D eigenvalue weighted by Gasteiger charge is -2.31. The highest BCUT2D eigenvalue weighted by Crippen LogP contribution is 2.12. The van der Waals surface area contributed by atoms with E-state index in [1.165, 1.54) is 0 Å². The van der Waals surface area contributed by atoms with E-state index in [4.69, 9.17) is 46.0 Å². The molecule has 0 aromatic rings. The molecule has 10 nitrogen and oxygen atoms in total. The van der Waals surface area contributed by atoms with Crippen LogP contribution >= 0.6 is 0 Å². The molecule has 0 aromatic heterocycles. The second-order valence-electron chi connectivity index (χ2n) is 4.26. The van der Waals surface area contributed by atoms with Gasteiger partial charge in [-0.15, -0.1) is 0 Å². The van der Waals surface area contributed by atoms with Gasteiger partial charge in [0.15, 0.2) is 6.29 Å². The van der Waals surface area contributed by atoms with Crippen LogP contribution in [0.15, 0.2) is 0 Å². The first-order valence-corrected chi connectivity index (χ1v) is 5.86. The highest BCUT2D eigenvalue weighted by atomic mass is 16.6. The third kappa shape index (κ3) is 5.93. The van der Waals surface area contributed by atoms with Gasteiger partial charge in [0.2, 0.25) is 0 Å². The standard InChI is InChI=1S/C5H10O5.C5H12O5/c6-2-1-10-5(9)4(8)3(2)7;6-1-3(8)5(10)4(9)2-7/h2-9H,1H2;3-10H,1-2H2/t2-,3+,4-,5?;3-,4-/m11/s1. The quantitative estimate of drug-likeness (QED) is 0.242. The summed E-state index contributed by atoms with van der Waals surface area (Å²) >= 11 is 0. The molecule has 0 aromatic carbocycles. The molecular weight excluding hydrogens is 280 g/mol. The van der Waals surface area contributed by atoms with E-state index in [0.29, 0.717) is 0 Å². The van der Waals surface area contributed by atoms with Crippen LogP contribution in [0.25, 0.3) is 0 Å². The van der Waals surface area contributed by atoms with Crippen LogP contribution in [0.1, 0.15) is 0 Å². The molecule has 1 saturated heterocycles. The summed E-state index contributed by atoms with van der Waals surface area (Å²) in [7, 11) is 0. The van der Waals surface area contributed by atoms with Gasteiger partial charge in [0.25, 0.3) is 0 Å². The molecule has 1 aliphatic rings. The smallest absolute Gasteiger partial charge is 0.183 e. The van der Waals surface area contributed by atoms with Gasteiger partial charge in [-0.25, -0.2) is 0 Å². The van der Waals surface area contributed by atoms with Crippen molar-refractivity contribution < 1.29 is 50.7 Å². The number of rotatable bonds is 4. The molecule has 0 aliphatic carbocycles. The van der Waals surface area contributed by atoms with Crippen LogP contribution in [0.5, 0.6) is 0 Å². The molecule has 0 amide bonds. The Morgan fingerprint density at radius 2 is 1.30 bits per heavy atom. The molecule has 1 fully saturated rings. The van der Waals surface area contributed by atoms with Crippen molar-refractivity contribution in [2.24, 2.45) is 0 Å². The molecule has 122 valence electrons. The van der Waals surface area contributed by atoms with E-state index in [2.05, 4.69) is 4.74 Å². The fraction of sp³-hybridized carbons (Fsp3) is 1.00. The summed E-state index contributed by atoms with van der Waals surface area (Å²) in [5.74, 6) is 0. The van der Waals surface area contributed by atoms with E-state index in [-0.39, 0.29) is 6.61 Å². The lowest BCUT2D eigenvalue weighted by Crippen LogP contribution is -2.52. The zero-order valence-corrected chi connectivity index (χ0v) is 10.6. The predicted molar refractivity (Wildman–Crippen MR) is 62.2 cm³/mol. The summed E-state index contributed by atoms with van der Waals surface area (Å²) in [5.41, 5.74) is 0. The van der Waals surface area contributed by atoms with Crippen LogP contribution in [0.2, 0.25) is 0 Å². The maximum atomic E-state index is 8.88. The van der Waals surface area contributed by atoms with Gasteiger partial charge in [0.05, 0.1) is 19.8 Å². The van der Waals surface area contributed by atoms with Crippen LogP contribution in [-0.4, -0.2) is 109 Å². The van der Waals surface area contributed by atoms with Crippen LogP contribution in [-0.2, 0) is 4.74 Å². The summed E-state index contributed by atoms with van der Waals surface area (Å²) in [4.78, 5) is 0. The Labute approximate surface area is 114 Å². The van der Waals surface area contributed by atoms with Gasteiger partial charge in [0, 0.05) is 0 Å². The fourth-order valence-corrected chi connectivity index (χ4v) is 1.26. The topological polar surface area (TPSA) is 191 Å². The third-order valence-corrected chi connectivity index (χ3v) is 2.64. The average Bonchev–Trinajstić information content (AvgIpc) is 2.47. The Kier molecular flexibility index (Phi) is 9.33. The van der Waals surface area contributed by atoms with Crippen molar-refractivity contribution in [3.8, 4) is 0 Å². The lowest BCUT2D eigenvalue weighted by molar-refractivity contribution is -0.252. The van der Waals surface area contributed by atoms with Crippen LogP contribution in [0.4, 0.5) is 0 Å². The second-order valence-corrected chi connectivity index (χ2v) is 4.26. The van der Waals surface area contributed by atoms with Crippen molar-refractivity contribution in [3.05, 3.63) is 0 Å². The molecule has 0 saturated carbocycles. The van der Waals surface area contributed by atoms with Gasteiger partial charge in [-0.1, -0.05) is 0 Å². The molecule has 0 radical (unpaired) electrons. The molecule has 1 unspecified atom stereocenters. The normalized spacial score (nSPS) is 33.3. The summed E-state index contributed by atoms with van der Waals surface area (Å²) in [6, 6.07) is 0. The highest BCUT2D eigenvalue weighted by Gasteiger charge is 2.36. The van der Waals surface area contributed by atoms with Gasteiger partial charge in [-0.05, 0) is 0 Å². The SMILES string of the molecule is OC1OC[C@@H](O)[C@H](O)[C@H]1O.OC[C@@H](O)C(O)[C@H](O)CO. The Morgan fingerprint density at radius 1 is 0.850 bits per heavy atom. The van der Waals surface area contributed by atoms with E-state index in [1.807, 2.05) is 0 Å². The first kappa shape index (κ1) is 19.6. The molecule has 1 rings (SSSR count). The highest BCUT2D eigenvalue weighted by molar-refractivity contribution is 4.81. The molecule has 1 heterocycles. The Balaban J connectivity index is 0.000000361. The van der Waals surface area contributed by atoms with Gasteiger partial charge in [-0.3, -0.25) is 0 Å². The molecule has 1 aliphatic heterocycles. The van der Waals surface area contributed by atoms with Crippen molar-refractivity contribution in [2.45, 2.75) is 42.9 Å². The Hall–Kier alpha value is -0.400. The molecular formula is C10H22O10. The summed E-state index contributed by atoms with van der Waals surface area (Å²) < 4.78 is 4.47. The van der Waals surface area contributed by atoms with Gasteiger partial charge < -0.3 is 50.7 Å². The molecule has 0 spiro atoms. The summed E-state index contributed by atoms with van der Waals surface area (Å²) in [5, 5.41) is 77.8. The third-order valence-electron chi connectivity index (χ3n) is 2.64. The maximum absolute atomic E-state index is 8.88. The van der Waals surface area contributed by atoms with E-state index in [9.17, 15) is 0 Å². The van der Waals surface area contributed by atoms with Crippen LogP contribution in [0.3, 0.4) is 0 Å². The van der Waals surface area contributed by atoms with Crippen molar-refractivity contribution in [3.63, 3.8) is 0 Å². The first-order chi connectivity index (χ1) is 9.26. The predicted octanol–water partition coefficient (Wildman–Crippen LogP) is -5.53. The van der Waals surface area contributed by atoms with Gasteiger partial charge in [0.1, 0.15) is 36.6 Å². The minimum Gasteiger partial charge on any atom is -0.394 e. The Bertz CT molecular complexity index is 220. The van der Waals surface area contributed by atoms with E-state index in [1.54, 1.807) is 0 Å². The molecule has 10 heteroatoms.